The number of benzene rings is 1. The van der Waals surface area contributed by atoms with Gasteiger partial charge in [-0.05, 0) is 5.56 Å². The smallest absolute Gasteiger partial charge is 0.251 e. The van der Waals surface area contributed by atoms with Crippen LogP contribution < -0.4 is 10.6 Å². The summed E-state index contributed by atoms with van der Waals surface area (Å²) in [6, 6.07) is 9.91. The van der Waals surface area contributed by atoms with Gasteiger partial charge in [0.05, 0.1) is 6.33 Å². The van der Waals surface area contributed by atoms with Gasteiger partial charge in [0.1, 0.15) is 18.0 Å². The van der Waals surface area contributed by atoms with Gasteiger partial charge in [-0.15, -0.1) is 0 Å². The Morgan fingerprint density at radius 2 is 1.94 bits per heavy atom. The number of fused-ring (bicyclic) bond motifs is 1. The fourth-order valence-corrected chi connectivity index (χ4v) is 3.53. The first kappa shape index (κ1) is 21.2. The lowest BCUT2D eigenvalue weighted by Gasteiger charge is -2.17. The number of rotatable bonds is 6. The van der Waals surface area contributed by atoms with Crippen LogP contribution in [0.15, 0.2) is 36.7 Å². The van der Waals surface area contributed by atoms with Crippen LogP contribution in [-0.2, 0) is 16.1 Å². The Morgan fingerprint density at radius 3 is 2.61 bits per heavy atom. The number of carbonyl (C=O) groups excluding carboxylic acids is 1. The molecule has 0 unspecified atom stereocenters. The molecule has 0 bridgehead atoms. The summed E-state index contributed by atoms with van der Waals surface area (Å²) in [5.74, 6) is 0.692. The van der Waals surface area contributed by atoms with Crippen molar-refractivity contribution in [2.75, 3.05) is 12.4 Å². The summed E-state index contributed by atoms with van der Waals surface area (Å²) in [7, 11) is 1.44. The van der Waals surface area contributed by atoms with Crippen LogP contribution in [0.3, 0.4) is 0 Å². The van der Waals surface area contributed by atoms with Gasteiger partial charge in [-0.25, -0.2) is 15.0 Å². The van der Waals surface area contributed by atoms with E-state index in [2.05, 4.69) is 25.6 Å². The maximum Gasteiger partial charge on any atom is 0.251 e. The van der Waals surface area contributed by atoms with E-state index in [1.54, 1.807) is 0 Å². The normalized spacial score (nSPS) is 23.4. The minimum Gasteiger partial charge on any atom is -0.387 e. The fraction of sp³-hybridized carbons (Fsp3) is 0.429. The molecule has 2 aromatic heterocycles. The van der Waals surface area contributed by atoms with Gasteiger partial charge in [-0.3, -0.25) is 9.36 Å². The SMILES string of the molecule is CNC(=O)[C@H]1O[C@@H](n2cnc3c(NCc4ccccc4)nc(C(C)C)nc32)[C@H](O)[C@@H]1O. The lowest BCUT2D eigenvalue weighted by Crippen LogP contribution is -2.41. The van der Waals surface area contributed by atoms with E-state index in [1.807, 2.05) is 44.2 Å². The number of aliphatic hydroxyl groups excluding tert-OH is 2. The molecule has 4 rings (SSSR count). The number of aliphatic hydroxyl groups is 2. The van der Waals surface area contributed by atoms with Gasteiger partial charge in [0.25, 0.3) is 5.91 Å². The van der Waals surface area contributed by atoms with Crippen LogP contribution in [-0.4, -0.2) is 61.0 Å². The van der Waals surface area contributed by atoms with Crippen LogP contribution in [0.25, 0.3) is 11.2 Å². The van der Waals surface area contributed by atoms with Gasteiger partial charge in [-0.1, -0.05) is 44.2 Å². The molecule has 0 aliphatic carbocycles. The number of carbonyl (C=O) groups is 1. The van der Waals surface area contributed by atoms with Crippen LogP contribution >= 0.6 is 0 Å². The van der Waals surface area contributed by atoms with E-state index in [9.17, 15) is 15.0 Å². The topological polar surface area (TPSA) is 134 Å². The van der Waals surface area contributed by atoms with Gasteiger partial charge in [-0.2, -0.15) is 0 Å². The zero-order valence-corrected chi connectivity index (χ0v) is 17.6. The van der Waals surface area contributed by atoms with E-state index in [-0.39, 0.29) is 5.92 Å². The first-order valence-electron chi connectivity index (χ1n) is 10.2. The Kier molecular flexibility index (Phi) is 5.86. The maximum atomic E-state index is 12.0. The second kappa shape index (κ2) is 8.58. The Balaban J connectivity index is 1.71. The molecule has 4 N–H and O–H groups in total. The molecule has 10 nitrogen and oxygen atoms in total. The molecule has 164 valence electrons. The number of amides is 1. The highest BCUT2D eigenvalue weighted by Gasteiger charge is 2.47. The number of hydrogen-bond acceptors (Lipinski definition) is 8. The summed E-state index contributed by atoms with van der Waals surface area (Å²) in [5.41, 5.74) is 2.04. The van der Waals surface area contributed by atoms with Crippen molar-refractivity contribution in [1.29, 1.82) is 0 Å². The van der Waals surface area contributed by atoms with E-state index in [4.69, 9.17) is 4.74 Å². The number of imidazole rings is 1. The van der Waals surface area contributed by atoms with Gasteiger partial charge in [0, 0.05) is 19.5 Å². The van der Waals surface area contributed by atoms with E-state index < -0.39 is 30.4 Å². The monoisotopic (exact) mass is 426 g/mol. The third-order valence-electron chi connectivity index (χ3n) is 5.28. The quantitative estimate of drug-likeness (QED) is 0.457. The molecule has 1 aliphatic heterocycles. The summed E-state index contributed by atoms with van der Waals surface area (Å²) >= 11 is 0. The van der Waals surface area contributed by atoms with Crippen molar-refractivity contribution < 1.29 is 19.7 Å². The highest BCUT2D eigenvalue weighted by atomic mass is 16.6. The first-order chi connectivity index (χ1) is 14.9. The number of ether oxygens (including phenoxy) is 1. The fourth-order valence-electron chi connectivity index (χ4n) is 3.53. The predicted molar refractivity (Wildman–Crippen MR) is 113 cm³/mol. The number of hydrogen-bond donors (Lipinski definition) is 4. The second-order valence-corrected chi connectivity index (χ2v) is 7.79. The van der Waals surface area contributed by atoms with Crippen LogP contribution in [0, 0.1) is 0 Å². The zero-order valence-electron chi connectivity index (χ0n) is 17.6. The van der Waals surface area contributed by atoms with Crippen LogP contribution in [0.4, 0.5) is 5.82 Å². The molecule has 1 amide bonds. The van der Waals surface area contributed by atoms with Crippen molar-refractivity contribution in [3.8, 4) is 0 Å². The second-order valence-electron chi connectivity index (χ2n) is 7.79. The van der Waals surface area contributed by atoms with Gasteiger partial charge >= 0.3 is 0 Å². The molecular formula is C21H26N6O4. The average molecular weight is 426 g/mol. The van der Waals surface area contributed by atoms with Crippen molar-refractivity contribution in [2.24, 2.45) is 0 Å². The lowest BCUT2D eigenvalue weighted by molar-refractivity contribution is -0.137. The maximum absolute atomic E-state index is 12.0. The Hall–Kier alpha value is -3.08. The molecule has 0 radical (unpaired) electrons. The number of nitrogens with one attached hydrogen (secondary N) is 2. The summed E-state index contributed by atoms with van der Waals surface area (Å²) < 4.78 is 7.23. The molecule has 1 aliphatic rings. The van der Waals surface area contributed by atoms with Crippen molar-refractivity contribution in [2.45, 2.75) is 50.8 Å². The largest absolute Gasteiger partial charge is 0.387 e. The zero-order chi connectivity index (χ0) is 22.1. The van der Waals surface area contributed by atoms with Gasteiger partial charge in [0.2, 0.25) is 0 Å². The molecule has 0 saturated carbocycles. The first-order valence-corrected chi connectivity index (χ1v) is 10.2. The summed E-state index contributed by atoms with van der Waals surface area (Å²) in [4.78, 5) is 25.7. The summed E-state index contributed by atoms with van der Waals surface area (Å²) in [6.07, 6.45) is -3.42. The number of nitrogens with zero attached hydrogens (tertiary/aromatic N) is 4. The highest BCUT2D eigenvalue weighted by molar-refractivity contribution is 5.83. The summed E-state index contributed by atoms with van der Waals surface area (Å²) in [5, 5.41) is 26.6. The van der Waals surface area contributed by atoms with E-state index >= 15 is 0 Å². The van der Waals surface area contributed by atoms with Crippen molar-refractivity contribution >= 4 is 22.9 Å². The molecule has 3 heterocycles. The third-order valence-corrected chi connectivity index (χ3v) is 5.28. The molecule has 4 atom stereocenters. The van der Waals surface area contributed by atoms with Gasteiger partial charge < -0.3 is 25.6 Å². The minimum atomic E-state index is -1.37. The van der Waals surface area contributed by atoms with Crippen molar-refractivity contribution in [3.63, 3.8) is 0 Å². The Morgan fingerprint density at radius 1 is 1.19 bits per heavy atom. The van der Waals surface area contributed by atoms with Crippen molar-refractivity contribution in [1.82, 2.24) is 24.8 Å². The van der Waals surface area contributed by atoms with E-state index in [0.29, 0.717) is 29.4 Å². The molecule has 1 saturated heterocycles. The molecule has 1 aromatic carbocycles. The predicted octanol–water partition coefficient (Wildman–Crippen LogP) is 0.927. The molecule has 3 aromatic rings. The Labute approximate surface area is 179 Å². The lowest BCUT2D eigenvalue weighted by atomic mass is 10.1. The standard InChI is InChI=1S/C21H26N6O4/c1-11(2)17-25-18(23-9-12-7-5-4-6-8-12)13-19(26-17)27(10-24-13)21-15(29)14(28)16(31-21)20(30)22-3/h4-8,10-11,14-16,21,28-29H,9H2,1-3H3,(H,22,30)(H,23,25,26)/t14-,15+,16-,21+/m0/s1. The molecule has 31 heavy (non-hydrogen) atoms. The van der Waals surface area contributed by atoms with E-state index in [1.165, 1.54) is 17.9 Å². The number of aromatic nitrogens is 4. The van der Waals surface area contributed by atoms with Gasteiger partial charge in [0.15, 0.2) is 29.3 Å². The third kappa shape index (κ3) is 3.97. The van der Waals surface area contributed by atoms with Crippen LogP contribution in [0.1, 0.15) is 37.4 Å². The number of likely N-dealkylation sites (N-methyl/N-ethyl adjacent to an activating group) is 1. The molecule has 10 heteroatoms. The highest BCUT2D eigenvalue weighted by Crippen LogP contribution is 2.33. The van der Waals surface area contributed by atoms with Crippen LogP contribution in [0.2, 0.25) is 0 Å². The van der Waals surface area contributed by atoms with E-state index in [0.717, 1.165) is 5.56 Å². The van der Waals surface area contributed by atoms with Crippen molar-refractivity contribution in [3.05, 3.63) is 48.0 Å². The minimum absolute atomic E-state index is 0.0450. The number of anilines is 1. The van der Waals surface area contributed by atoms with Crippen LogP contribution in [0.5, 0.6) is 0 Å². The molecule has 1 fully saturated rings. The molecular weight excluding hydrogens is 400 g/mol. The summed E-state index contributed by atoms with van der Waals surface area (Å²) in [6.45, 7) is 4.52. The molecule has 0 spiro atoms. The average Bonchev–Trinajstić information content (AvgIpc) is 3.33. The Bertz CT molecular complexity index is 1070.